The number of amides is 1. The van der Waals surface area contributed by atoms with E-state index in [1.165, 1.54) is 4.90 Å². The molecule has 0 N–H and O–H groups in total. The summed E-state index contributed by atoms with van der Waals surface area (Å²) in [4.78, 5) is 26.2. The predicted molar refractivity (Wildman–Crippen MR) is 95.6 cm³/mol. The van der Waals surface area contributed by atoms with Crippen LogP contribution in [-0.2, 0) is 14.6 Å². The van der Waals surface area contributed by atoms with Gasteiger partial charge in [0.15, 0.2) is 15.6 Å². The van der Waals surface area contributed by atoms with Crippen molar-refractivity contribution in [2.45, 2.75) is 24.7 Å². The van der Waals surface area contributed by atoms with E-state index in [1.54, 1.807) is 48.5 Å². The van der Waals surface area contributed by atoms with Crippen molar-refractivity contribution in [2.24, 2.45) is 0 Å². The molecule has 0 saturated carbocycles. The van der Waals surface area contributed by atoms with Crippen LogP contribution in [0.3, 0.4) is 0 Å². The molecule has 0 unspecified atom stereocenters. The number of rotatable bonds is 4. The lowest BCUT2D eigenvalue weighted by atomic mass is 10.0. The molecule has 1 heterocycles. The molecule has 2 aromatic rings. The maximum Gasteiger partial charge on any atom is 0.228 e. The molecule has 0 saturated heterocycles. The molecular formula is C19H19NO4S. The number of fused-ring (bicyclic) bond motifs is 1. The van der Waals surface area contributed by atoms with Gasteiger partial charge in [0.25, 0.3) is 0 Å². The van der Waals surface area contributed by atoms with Crippen LogP contribution < -0.4 is 4.90 Å². The van der Waals surface area contributed by atoms with E-state index in [2.05, 4.69) is 0 Å². The number of aryl methyl sites for hydroxylation is 1. The van der Waals surface area contributed by atoms with Gasteiger partial charge in [-0.05, 0) is 31.2 Å². The number of nitrogens with zero attached hydrogens (tertiary/aromatic N) is 1. The van der Waals surface area contributed by atoms with E-state index < -0.39 is 9.84 Å². The van der Waals surface area contributed by atoms with Crippen molar-refractivity contribution in [3.05, 3.63) is 59.7 Å². The first-order valence-corrected chi connectivity index (χ1v) is 9.76. The highest BCUT2D eigenvalue weighted by Crippen LogP contribution is 2.27. The fourth-order valence-corrected chi connectivity index (χ4v) is 4.12. The first-order chi connectivity index (χ1) is 11.9. The second kappa shape index (κ2) is 6.80. The highest BCUT2D eigenvalue weighted by Gasteiger charge is 2.27. The fraction of sp³-hybridized carbons (Fsp3) is 0.263. The van der Waals surface area contributed by atoms with E-state index in [9.17, 15) is 18.0 Å². The Hall–Kier alpha value is -2.47. The molecule has 2 aromatic carbocycles. The summed E-state index contributed by atoms with van der Waals surface area (Å²) in [7, 11) is -3.51. The maximum atomic E-state index is 12.5. The molecule has 1 amide bonds. The monoisotopic (exact) mass is 357 g/mol. The topological polar surface area (TPSA) is 71.5 Å². The van der Waals surface area contributed by atoms with Gasteiger partial charge in [-0.2, -0.15) is 0 Å². The molecule has 1 aliphatic heterocycles. The maximum absolute atomic E-state index is 12.5. The van der Waals surface area contributed by atoms with Gasteiger partial charge in [-0.25, -0.2) is 8.42 Å². The number of hydrogen-bond acceptors (Lipinski definition) is 4. The Bertz CT molecular complexity index is 917. The third-order valence-corrected chi connectivity index (χ3v) is 6.06. The number of anilines is 1. The Balaban J connectivity index is 1.74. The van der Waals surface area contributed by atoms with Crippen molar-refractivity contribution < 1.29 is 18.0 Å². The second-order valence-electron chi connectivity index (χ2n) is 6.12. The minimum atomic E-state index is -3.51. The van der Waals surface area contributed by atoms with Crippen LogP contribution in [0.5, 0.6) is 0 Å². The van der Waals surface area contributed by atoms with Gasteiger partial charge in [0, 0.05) is 24.9 Å². The summed E-state index contributed by atoms with van der Waals surface area (Å²) in [6.07, 6.45) is 0.145. The van der Waals surface area contributed by atoms with Gasteiger partial charge in [0.1, 0.15) is 0 Å². The number of Topliss-reactive ketones (excluding diaryl/α,β-unsaturated/α-hetero) is 1. The molecule has 3 rings (SSSR count). The number of ketones is 1. The van der Waals surface area contributed by atoms with Crippen molar-refractivity contribution in [2.75, 3.05) is 17.2 Å². The van der Waals surface area contributed by atoms with Crippen LogP contribution in [0.25, 0.3) is 0 Å². The summed E-state index contributed by atoms with van der Waals surface area (Å²) < 4.78 is 24.8. The molecule has 0 radical (unpaired) electrons. The molecule has 0 aromatic heterocycles. The van der Waals surface area contributed by atoms with E-state index in [4.69, 9.17) is 0 Å². The third kappa shape index (κ3) is 3.64. The minimum absolute atomic E-state index is 0.00641. The average Bonchev–Trinajstić information content (AvgIpc) is 2.61. The molecule has 0 atom stereocenters. The summed E-state index contributed by atoms with van der Waals surface area (Å²) in [5.41, 5.74) is 2.06. The summed E-state index contributed by atoms with van der Waals surface area (Å²) in [6.45, 7) is 2.17. The van der Waals surface area contributed by atoms with Crippen LogP contribution in [-0.4, -0.2) is 32.4 Å². The van der Waals surface area contributed by atoms with E-state index in [0.717, 1.165) is 5.56 Å². The van der Waals surface area contributed by atoms with Crippen LogP contribution in [0.15, 0.2) is 53.4 Å². The minimum Gasteiger partial charge on any atom is -0.311 e. The normalized spacial score (nSPS) is 14.3. The molecule has 1 aliphatic rings. The Morgan fingerprint density at radius 1 is 1.08 bits per heavy atom. The SMILES string of the molecule is Cc1ccc(S(=O)(=O)CCC(=O)N2CCC(=O)c3ccccc32)cc1. The van der Waals surface area contributed by atoms with Gasteiger partial charge in [-0.1, -0.05) is 29.8 Å². The van der Waals surface area contributed by atoms with Crippen LogP contribution >= 0.6 is 0 Å². The smallest absolute Gasteiger partial charge is 0.228 e. The van der Waals surface area contributed by atoms with E-state index in [0.29, 0.717) is 17.8 Å². The first-order valence-electron chi connectivity index (χ1n) is 8.10. The Labute approximate surface area is 147 Å². The molecule has 6 heteroatoms. The zero-order valence-corrected chi connectivity index (χ0v) is 14.8. The van der Waals surface area contributed by atoms with Crippen LogP contribution in [0, 0.1) is 6.92 Å². The predicted octanol–water partition coefficient (Wildman–Crippen LogP) is 2.78. The van der Waals surface area contributed by atoms with Gasteiger partial charge in [-0.15, -0.1) is 0 Å². The van der Waals surface area contributed by atoms with Gasteiger partial charge in [0.05, 0.1) is 16.3 Å². The third-order valence-electron chi connectivity index (χ3n) is 4.32. The van der Waals surface area contributed by atoms with E-state index >= 15 is 0 Å². The summed E-state index contributed by atoms with van der Waals surface area (Å²) in [5.74, 6) is -0.524. The first kappa shape index (κ1) is 17.4. The largest absolute Gasteiger partial charge is 0.311 e. The zero-order valence-electron chi connectivity index (χ0n) is 13.9. The fourth-order valence-electron chi connectivity index (χ4n) is 2.89. The highest BCUT2D eigenvalue weighted by molar-refractivity contribution is 7.91. The Morgan fingerprint density at radius 2 is 1.76 bits per heavy atom. The molecule has 0 spiro atoms. The highest BCUT2D eigenvalue weighted by atomic mass is 32.2. The van der Waals surface area contributed by atoms with E-state index in [1.807, 2.05) is 6.92 Å². The molecule has 5 nitrogen and oxygen atoms in total. The van der Waals surface area contributed by atoms with Crippen molar-refractivity contribution >= 4 is 27.2 Å². The molecule has 0 bridgehead atoms. The number of carbonyl (C=O) groups excluding carboxylic acids is 2. The van der Waals surface area contributed by atoms with Crippen molar-refractivity contribution in [3.8, 4) is 0 Å². The average molecular weight is 357 g/mol. The van der Waals surface area contributed by atoms with Crippen LogP contribution in [0.4, 0.5) is 5.69 Å². The van der Waals surface area contributed by atoms with Crippen molar-refractivity contribution in [1.29, 1.82) is 0 Å². The number of benzene rings is 2. The number of para-hydroxylation sites is 1. The van der Waals surface area contributed by atoms with Gasteiger partial charge in [0.2, 0.25) is 5.91 Å². The molecule has 0 aliphatic carbocycles. The van der Waals surface area contributed by atoms with Crippen LogP contribution in [0.2, 0.25) is 0 Å². The van der Waals surface area contributed by atoms with Gasteiger partial charge < -0.3 is 4.90 Å². The second-order valence-corrected chi connectivity index (χ2v) is 8.23. The number of hydrogen-bond donors (Lipinski definition) is 0. The molecular weight excluding hydrogens is 338 g/mol. The molecule has 130 valence electrons. The molecule has 25 heavy (non-hydrogen) atoms. The lowest BCUT2D eigenvalue weighted by Gasteiger charge is -2.28. The van der Waals surface area contributed by atoms with Gasteiger partial charge >= 0.3 is 0 Å². The van der Waals surface area contributed by atoms with Crippen molar-refractivity contribution in [1.82, 2.24) is 0 Å². The Morgan fingerprint density at radius 3 is 2.48 bits per heavy atom. The summed E-state index contributed by atoms with van der Waals surface area (Å²) in [5, 5.41) is 0. The Kier molecular flexibility index (Phi) is 4.72. The van der Waals surface area contributed by atoms with E-state index in [-0.39, 0.29) is 35.2 Å². The summed E-state index contributed by atoms with van der Waals surface area (Å²) in [6, 6.07) is 13.5. The quantitative estimate of drug-likeness (QED) is 0.843. The van der Waals surface area contributed by atoms with Crippen LogP contribution in [0.1, 0.15) is 28.8 Å². The van der Waals surface area contributed by atoms with Gasteiger partial charge in [-0.3, -0.25) is 9.59 Å². The number of sulfone groups is 1. The number of carbonyl (C=O) groups is 2. The zero-order chi connectivity index (χ0) is 18.0. The lowest BCUT2D eigenvalue weighted by molar-refractivity contribution is -0.118. The van der Waals surface area contributed by atoms with Crippen molar-refractivity contribution in [3.63, 3.8) is 0 Å². The standard InChI is InChI=1S/C19H19NO4S/c1-14-6-8-15(9-7-14)25(23,24)13-11-19(22)20-12-10-18(21)16-4-2-3-5-17(16)20/h2-9H,10-13H2,1H3. The molecule has 0 fully saturated rings. The summed E-state index contributed by atoms with van der Waals surface area (Å²) >= 11 is 0. The lowest BCUT2D eigenvalue weighted by Crippen LogP contribution is -2.38.